The Bertz CT molecular complexity index is 1370. The van der Waals surface area contributed by atoms with E-state index in [0.717, 1.165) is 5.56 Å². The normalized spacial score (nSPS) is 18.6. The standard InChI is InChI=1S/C27H26Cl2N2O5S/c28-21-8-4-9-22(29)24(21)19-12-10-18(11-13-19)16-23(25(32)33)31-26(34)27(14-5-15-30-17-27)37(35,36)20-6-2-1-3-7-20/h1-4,6-13,23,30H,5,14-17H2,(H,31,34)(H,32,33)/t23-,27?/m0/s1. The molecule has 1 aliphatic rings. The molecule has 0 radical (unpaired) electrons. The zero-order chi connectivity index (χ0) is 26.6. The van der Waals surface area contributed by atoms with Crippen LogP contribution < -0.4 is 10.6 Å². The second-order valence-electron chi connectivity index (χ2n) is 8.95. The van der Waals surface area contributed by atoms with E-state index in [-0.39, 0.29) is 24.3 Å². The van der Waals surface area contributed by atoms with E-state index >= 15 is 0 Å². The molecular formula is C27H26Cl2N2O5S. The third kappa shape index (κ3) is 5.52. The van der Waals surface area contributed by atoms with Crippen molar-refractivity contribution < 1.29 is 23.1 Å². The van der Waals surface area contributed by atoms with Gasteiger partial charge in [0.05, 0.1) is 4.90 Å². The Morgan fingerprint density at radius 2 is 1.62 bits per heavy atom. The maximum absolute atomic E-state index is 13.6. The molecule has 3 N–H and O–H groups in total. The Morgan fingerprint density at radius 3 is 2.19 bits per heavy atom. The van der Waals surface area contributed by atoms with E-state index in [0.29, 0.717) is 34.1 Å². The van der Waals surface area contributed by atoms with E-state index in [1.807, 2.05) is 0 Å². The number of benzene rings is 3. The molecule has 3 aromatic carbocycles. The number of hydrogen-bond acceptors (Lipinski definition) is 5. The summed E-state index contributed by atoms with van der Waals surface area (Å²) in [5.41, 5.74) is 2.07. The summed E-state index contributed by atoms with van der Waals surface area (Å²) in [5, 5.41) is 16.4. The van der Waals surface area contributed by atoms with Gasteiger partial charge in [0.25, 0.3) is 0 Å². The highest BCUT2D eigenvalue weighted by Gasteiger charge is 2.52. The molecule has 2 atom stereocenters. The van der Waals surface area contributed by atoms with Crippen molar-refractivity contribution in [1.29, 1.82) is 0 Å². The summed E-state index contributed by atoms with van der Waals surface area (Å²) >= 11 is 12.6. The van der Waals surface area contributed by atoms with E-state index in [9.17, 15) is 23.1 Å². The van der Waals surface area contributed by atoms with Crippen LogP contribution in [-0.4, -0.2) is 49.3 Å². The third-order valence-corrected chi connectivity index (χ3v) is 9.66. The van der Waals surface area contributed by atoms with Crippen LogP contribution in [0.15, 0.2) is 77.7 Å². The summed E-state index contributed by atoms with van der Waals surface area (Å²) in [6.45, 7) is 0.471. The van der Waals surface area contributed by atoms with Crippen molar-refractivity contribution in [3.63, 3.8) is 0 Å². The average Bonchev–Trinajstić information content (AvgIpc) is 2.89. The number of sulfone groups is 1. The Balaban J connectivity index is 1.58. The average molecular weight is 561 g/mol. The number of carboxylic acid groups (broad SMARTS) is 1. The smallest absolute Gasteiger partial charge is 0.326 e. The molecule has 0 aromatic heterocycles. The van der Waals surface area contributed by atoms with Crippen LogP contribution in [0.3, 0.4) is 0 Å². The van der Waals surface area contributed by atoms with Crippen LogP contribution in [-0.2, 0) is 25.8 Å². The first-order chi connectivity index (χ1) is 17.7. The summed E-state index contributed by atoms with van der Waals surface area (Å²) in [6, 6.07) is 18.6. The number of nitrogens with one attached hydrogen (secondary N) is 2. The van der Waals surface area contributed by atoms with Crippen molar-refractivity contribution in [3.8, 4) is 11.1 Å². The van der Waals surface area contributed by atoms with Crippen molar-refractivity contribution in [2.45, 2.75) is 34.9 Å². The lowest BCUT2D eigenvalue weighted by molar-refractivity contribution is -0.142. The maximum atomic E-state index is 13.6. The van der Waals surface area contributed by atoms with Crippen molar-refractivity contribution in [2.75, 3.05) is 13.1 Å². The number of carbonyl (C=O) groups excluding carboxylic acids is 1. The van der Waals surface area contributed by atoms with E-state index in [2.05, 4.69) is 10.6 Å². The molecular weight excluding hydrogens is 535 g/mol. The van der Waals surface area contributed by atoms with Crippen molar-refractivity contribution in [1.82, 2.24) is 10.6 Å². The lowest BCUT2D eigenvalue weighted by Gasteiger charge is -2.36. The van der Waals surface area contributed by atoms with Crippen LogP contribution in [0, 0.1) is 0 Å². The number of aliphatic carboxylic acids is 1. The van der Waals surface area contributed by atoms with Gasteiger partial charge in [0.15, 0.2) is 14.6 Å². The van der Waals surface area contributed by atoms with E-state index in [1.54, 1.807) is 60.7 Å². The fraction of sp³-hybridized carbons (Fsp3) is 0.259. The first-order valence-corrected chi connectivity index (χ1v) is 14.0. The molecule has 1 unspecified atom stereocenters. The second kappa shape index (κ2) is 11.2. The molecule has 1 amide bonds. The van der Waals surface area contributed by atoms with E-state index < -0.39 is 32.5 Å². The van der Waals surface area contributed by atoms with Gasteiger partial charge in [-0.25, -0.2) is 13.2 Å². The molecule has 1 aliphatic heterocycles. The highest BCUT2D eigenvalue weighted by Crippen LogP contribution is 2.35. The van der Waals surface area contributed by atoms with Crippen molar-refractivity contribution >= 4 is 44.9 Å². The lowest BCUT2D eigenvalue weighted by Crippen LogP contribution is -2.62. The molecule has 37 heavy (non-hydrogen) atoms. The molecule has 3 aromatic rings. The van der Waals surface area contributed by atoms with Gasteiger partial charge >= 0.3 is 5.97 Å². The summed E-state index contributed by atoms with van der Waals surface area (Å²) in [6.07, 6.45) is 0.512. The van der Waals surface area contributed by atoms with Crippen LogP contribution in [0.2, 0.25) is 10.0 Å². The molecule has 0 bridgehead atoms. The molecule has 1 fully saturated rings. The largest absolute Gasteiger partial charge is 0.480 e. The fourth-order valence-corrected chi connectivity index (χ4v) is 7.15. The number of piperidine rings is 1. The van der Waals surface area contributed by atoms with Crippen LogP contribution in [0.4, 0.5) is 0 Å². The molecule has 1 saturated heterocycles. The topological polar surface area (TPSA) is 113 Å². The van der Waals surface area contributed by atoms with Gasteiger partial charge in [-0.15, -0.1) is 0 Å². The molecule has 0 saturated carbocycles. The number of hydrogen-bond donors (Lipinski definition) is 3. The predicted octanol–water partition coefficient (Wildman–Crippen LogP) is 4.37. The molecule has 0 aliphatic carbocycles. The van der Waals surface area contributed by atoms with Crippen LogP contribution in [0.5, 0.6) is 0 Å². The van der Waals surface area contributed by atoms with Gasteiger partial charge in [0.1, 0.15) is 6.04 Å². The first kappa shape index (κ1) is 27.1. The quantitative estimate of drug-likeness (QED) is 0.377. The minimum Gasteiger partial charge on any atom is -0.480 e. The molecule has 10 heteroatoms. The van der Waals surface area contributed by atoms with Crippen LogP contribution >= 0.6 is 23.2 Å². The SMILES string of the molecule is O=C(O)[C@H](Cc1ccc(-c2c(Cl)cccc2Cl)cc1)NC(=O)C1(S(=O)(=O)c2ccccc2)CCCNC1. The second-order valence-corrected chi connectivity index (χ2v) is 12.0. The zero-order valence-electron chi connectivity index (χ0n) is 19.8. The summed E-state index contributed by atoms with van der Waals surface area (Å²) in [7, 11) is -4.10. The Kier molecular flexibility index (Phi) is 8.23. The van der Waals surface area contributed by atoms with Crippen molar-refractivity contribution in [3.05, 3.63) is 88.4 Å². The van der Waals surface area contributed by atoms with Gasteiger partial charge in [-0.1, -0.05) is 71.7 Å². The Hall–Kier alpha value is -2.91. The van der Waals surface area contributed by atoms with E-state index in [4.69, 9.17) is 23.2 Å². The molecule has 0 spiro atoms. The summed E-state index contributed by atoms with van der Waals surface area (Å²) in [5.74, 6) is -2.09. The van der Waals surface area contributed by atoms with Crippen molar-refractivity contribution in [2.24, 2.45) is 0 Å². The fourth-order valence-electron chi connectivity index (χ4n) is 4.55. The maximum Gasteiger partial charge on any atom is 0.326 e. The van der Waals surface area contributed by atoms with Gasteiger partial charge in [-0.3, -0.25) is 4.79 Å². The lowest BCUT2D eigenvalue weighted by atomic mass is 9.96. The van der Waals surface area contributed by atoms with Gasteiger partial charge in [0, 0.05) is 28.6 Å². The Morgan fingerprint density at radius 1 is 0.973 bits per heavy atom. The van der Waals surface area contributed by atoms with Gasteiger partial charge in [-0.05, 0) is 54.8 Å². The van der Waals surface area contributed by atoms with Gasteiger partial charge < -0.3 is 15.7 Å². The number of halogens is 2. The monoisotopic (exact) mass is 560 g/mol. The first-order valence-electron chi connectivity index (χ1n) is 11.7. The predicted molar refractivity (Wildman–Crippen MR) is 144 cm³/mol. The highest BCUT2D eigenvalue weighted by molar-refractivity contribution is 7.93. The minimum absolute atomic E-state index is 0.0227. The molecule has 1 heterocycles. The van der Waals surface area contributed by atoms with E-state index in [1.165, 1.54) is 12.1 Å². The minimum atomic E-state index is -4.10. The summed E-state index contributed by atoms with van der Waals surface area (Å²) in [4.78, 5) is 25.7. The third-order valence-electron chi connectivity index (χ3n) is 6.58. The molecule has 4 rings (SSSR count). The number of amides is 1. The number of rotatable bonds is 8. The van der Waals surface area contributed by atoms with Crippen LogP contribution in [0.1, 0.15) is 18.4 Å². The summed E-state index contributed by atoms with van der Waals surface area (Å²) < 4.78 is 25.4. The number of carbonyl (C=O) groups is 2. The molecule has 7 nitrogen and oxygen atoms in total. The van der Waals surface area contributed by atoms with Crippen LogP contribution in [0.25, 0.3) is 11.1 Å². The zero-order valence-corrected chi connectivity index (χ0v) is 22.1. The van der Waals surface area contributed by atoms with Gasteiger partial charge in [0.2, 0.25) is 5.91 Å². The van der Waals surface area contributed by atoms with Gasteiger partial charge in [-0.2, -0.15) is 0 Å². The highest BCUT2D eigenvalue weighted by atomic mass is 35.5. The molecule has 194 valence electrons. The number of carboxylic acids is 1. The Labute approximate surface area is 225 Å².